The topological polar surface area (TPSA) is 12.9 Å². The second-order valence-electron chi connectivity index (χ2n) is 4.77. The third-order valence-electron chi connectivity index (χ3n) is 3.46. The number of halogens is 1. The van der Waals surface area contributed by atoms with Gasteiger partial charge in [0, 0.05) is 16.3 Å². The summed E-state index contributed by atoms with van der Waals surface area (Å²) in [4.78, 5) is 4.32. The second kappa shape index (κ2) is 4.47. The lowest BCUT2D eigenvalue weighted by Crippen LogP contribution is -1.94. The Balaban J connectivity index is 2.41. The fourth-order valence-electron chi connectivity index (χ4n) is 2.55. The van der Waals surface area contributed by atoms with Crippen LogP contribution >= 0.6 is 0 Å². The Bertz CT molecular complexity index is 742. The molecule has 0 saturated carbocycles. The van der Waals surface area contributed by atoms with Crippen molar-refractivity contribution in [2.75, 3.05) is 0 Å². The minimum atomic E-state index is -0.273. The Morgan fingerprint density at radius 2 is 1.47 bits per heavy atom. The first-order chi connectivity index (χ1) is 9.18. The zero-order valence-electron chi connectivity index (χ0n) is 10.9. The van der Waals surface area contributed by atoms with Crippen molar-refractivity contribution >= 4 is 10.8 Å². The Kier molecular flexibility index (Phi) is 2.79. The van der Waals surface area contributed by atoms with E-state index >= 15 is 0 Å². The van der Waals surface area contributed by atoms with Crippen molar-refractivity contribution in [2.45, 2.75) is 13.8 Å². The van der Waals surface area contributed by atoms with Gasteiger partial charge in [-0.2, -0.15) is 0 Å². The average Bonchev–Trinajstić information content (AvgIpc) is 2.41. The number of rotatable bonds is 1. The Morgan fingerprint density at radius 3 is 2.16 bits per heavy atom. The molecule has 0 atom stereocenters. The molecule has 0 saturated heterocycles. The molecule has 94 valence electrons. The molecule has 0 unspecified atom stereocenters. The average molecular weight is 251 g/mol. The maximum Gasteiger partial charge on any atom is 0.149 e. The zero-order valence-corrected chi connectivity index (χ0v) is 10.9. The van der Waals surface area contributed by atoms with Gasteiger partial charge < -0.3 is 0 Å². The summed E-state index contributed by atoms with van der Waals surface area (Å²) in [6.45, 7) is 4.12. The minimum absolute atomic E-state index is 0.273. The van der Waals surface area contributed by atoms with E-state index < -0.39 is 0 Å². The molecular weight excluding hydrogens is 237 g/mol. The summed E-state index contributed by atoms with van der Waals surface area (Å²) in [7, 11) is 0. The summed E-state index contributed by atoms with van der Waals surface area (Å²) in [5.74, 6) is -0.273. The van der Waals surface area contributed by atoms with Crippen molar-refractivity contribution in [1.29, 1.82) is 0 Å². The van der Waals surface area contributed by atoms with Crippen LogP contribution in [-0.4, -0.2) is 4.98 Å². The van der Waals surface area contributed by atoms with E-state index in [0.717, 1.165) is 27.8 Å². The van der Waals surface area contributed by atoms with Gasteiger partial charge in [-0.3, -0.25) is 4.98 Å². The van der Waals surface area contributed by atoms with E-state index in [1.165, 1.54) is 6.20 Å². The third kappa shape index (κ3) is 1.89. The lowest BCUT2D eigenvalue weighted by molar-refractivity contribution is 0.634. The molecule has 0 aliphatic rings. The number of nitrogens with zero attached hydrogens (tertiary/aromatic N) is 1. The van der Waals surface area contributed by atoms with Crippen LogP contribution in [0.4, 0.5) is 4.39 Å². The largest absolute Gasteiger partial charge is 0.253 e. The van der Waals surface area contributed by atoms with E-state index in [0.29, 0.717) is 5.39 Å². The molecule has 1 nitrogen and oxygen atoms in total. The molecule has 1 heterocycles. The van der Waals surface area contributed by atoms with Crippen molar-refractivity contribution in [3.05, 3.63) is 65.6 Å². The molecule has 3 aromatic rings. The third-order valence-corrected chi connectivity index (χ3v) is 3.46. The fourth-order valence-corrected chi connectivity index (χ4v) is 2.55. The molecule has 0 amide bonds. The van der Waals surface area contributed by atoms with Gasteiger partial charge in [0.1, 0.15) is 5.82 Å². The molecular formula is C17H14FN. The number of aromatic nitrogens is 1. The van der Waals surface area contributed by atoms with E-state index in [1.54, 1.807) is 6.07 Å². The first-order valence-electron chi connectivity index (χ1n) is 6.28. The van der Waals surface area contributed by atoms with Gasteiger partial charge in [-0.1, -0.05) is 42.5 Å². The van der Waals surface area contributed by atoms with Gasteiger partial charge >= 0.3 is 0 Å². The highest BCUT2D eigenvalue weighted by molar-refractivity contribution is 5.96. The highest BCUT2D eigenvalue weighted by Gasteiger charge is 2.12. The summed E-state index contributed by atoms with van der Waals surface area (Å²) in [6.07, 6.45) is 1.31. The normalized spacial score (nSPS) is 10.9. The van der Waals surface area contributed by atoms with Gasteiger partial charge in [0.15, 0.2) is 0 Å². The van der Waals surface area contributed by atoms with Gasteiger partial charge in [0.2, 0.25) is 0 Å². The molecule has 0 radical (unpaired) electrons. The smallest absolute Gasteiger partial charge is 0.149 e. The number of benzene rings is 2. The van der Waals surface area contributed by atoms with E-state index in [4.69, 9.17) is 0 Å². The van der Waals surface area contributed by atoms with E-state index in [1.807, 2.05) is 24.3 Å². The lowest BCUT2D eigenvalue weighted by atomic mass is 9.96. The highest BCUT2D eigenvalue weighted by atomic mass is 19.1. The maximum atomic E-state index is 13.8. The SMILES string of the molecule is Cc1cccc(C)c1-c1ncc(F)c2ccccc12. The van der Waals surface area contributed by atoms with Crippen molar-refractivity contribution in [3.8, 4) is 11.3 Å². The summed E-state index contributed by atoms with van der Waals surface area (Å²) in [5, 5.41) is 1.48. The number of pyridine rings is 1. The molecule has 2 heteroatoms. The monoisotopic (exact) mass is 251 g/mol. The fraction of sp³-hybridized carbons (Fsp3) is 0.118. The molecule has 0 aliphatic carbocycles. The van der Waals surface area contributed by atoms with Gasteiger partial charge in [0.25, 0.3) is 0 Å². The lowest BCUT2D eigenvalue weighted by Gasteiger charge is -2.12. The zero-order chi connectivity index (χ0) is 13.4. The van der Waals surface area contributed by atoms with Crippen LogP contribution < -0.4 is 0 Å². The van der Waals surface area contributed by atoms with Crippen LogP contribution in [0.2, 0.25) is 0 Å². The van der Waals surface area contributed by atoms with Crippen LogP contribution in [0.3, 0.4) is 0 Å². The molecule has 3 rings (SSSR count). The van der Waals surface area contributed by atoms with Gasteiger partial charge in [-0.25, -0.2) is 4.39 Å². The van der Waals surface area contributed by atoms with Crippen molar-refractivity contribution in [2.24, 2.45) is 0 Å². The molecule has 0 bridgehead atoms. The van der Waals surface area contributed by atoms with Crippen molar-refractivity contribution in [1.82, 2.24) is 4.98 Å². The van der Waals surface area contributed by atoms with Gasteiger partial charge in [-0.15, -0.1) is 0 Å². The summed E-state index contributed by atoms with van der Waals surface area (Å²) < 4.78 is 13.8. The summed E-state index contributed by atoms with van der Waals surface area (Å²) in [5.41, 5.74) is 4.26. The minimum Gasteiger partial charge on any atom is -0.253 e. The first kappa shape index (κ1) is 11.8. The second-order valence-corrected chi connectivity index (χ2v) is 4.77. The predicted octanol–water partition coefficient (Wildman–Crippen LogP) is 4.66. The quantitative estimate of drug-likeness (QED) is 0.613. The predicted molar refractivity (Wildman–Crippen MR) is 76.6 cm³/mol. The molecule has 0 fully saturated rings. The molecule has 19 heavy (non-hydrogen) atoms. The first-order valence-corrected chi connectivity index (χ1v) is 6.28. The maximum absolute atomic E-state index is 13.8. The molecule has 0 N–H and O–H groups in total. The summed E-state index contributed by atoms with van der Waals surface area (Å²) >= 11 is 0. The van der Waals surface area contributed by atoms with Crippen LogP contribution in [0, 0.1) is 19.7 Å². The standard InChI is InChI=1S/C17H14FN/c1-11-6-5-7-12(2)16(11)17-14-9-4-3-8-13(14)15(18)10-19-17/h3-10H,1-2H3. The van der Waals surface area contributed by atoms with Gasteiger partial charge in [0.05, 0.1) is 11.9 Å². The van der Waals surface area contributed by atoms with Crippen LogP contribution in [0.5, 0.6) is 0 Å². The Hall–Kier alpha value is -2.22. The number of aryl methyl sites for hydroxylation is 2. The van der Waals surface area contributed by atoms with Crippen LogP contribution in [0.15, 0.2) is 48.7 Å². The van der Waals surface area contributed by atoms with Gasteiger partial charge in [-0.05, 0) is 25.0 Å². The Morgan fingerprint density at radius 1 is 0.842 bits per heavy atom. The van der Waals surface area contributed by atoms with Crippen LogP contribution in [0.1, 0.15) is 11.1 Å². The highest BCUT2D eigenvalue weighted by Crippen LogP contribution is 2.32. The number of fused-ring (bicyclic) bond motifs is 1. The van der Waals surface area contributed by atoms with Crippen molar-refractivity contribution < 1.29 is 4.39 Å². The Labute approximate surface area is 111 Å². The van der Waals surface area contributed by atoms with Crippen LogP contribution in [0.25, 0.3) is 22.0 Å². The van der Waals surface area contributed by atoms with E-state index in [-0.39, 0.29) is 5.82 Å². The van der Waals surface area contributed by atoms with Crippen molar-refractivity contribution in [3.63, 3.8) is 0 Å². The number of hydrogen-bond acceptors (Lipinski definition) is 1. The molecule has 1 aromatic heterocycles. The molecule has 0 spiro atoms. The number of hydrogen-bond donors (Lipinski definition) is 0. The molecule has 0 aliphatic heterocycles. The van der Waals surface area contributed by atoms with E-state index in [9.17, 15) is 4.39 Å². The molecule has 2 aromatic carbocycles. The summed E-state index contributed by atoms with van der Waals surface area (Å²) in [6, 6.07) is 13.6. The van der Waals surface area contributed by atoms with E-state index in [2.05, 4.69) is 31.0 Å². The van der Waals surface area contributed by atoms with Crippen LogP contribution in [-0.2, 0) is 0 Å².